The number of aryl methyl sites for hydroxylation is 6. The van der Waals surface area contributed by atoms with E-state index < -0.39 is 37.5 Å². The quantitative estimate of drug-likeness (QED) is 0.0545. The number of benzene rings is 6. The molecule has 0 fully saturated rings. The Hall–Kier alpha value is -6.04. The van der Waals surface area contributed by atoms with Gasteiger partial charge in [0, 0.05) is 176 Å². The number of amides is 6. The Morgan fingerprint density at radius 3 is 0.686 bits per heavy atom. The van der Waals surface area contributed by atoms with E-state index in [0.717, 1.165) is 75.4 Å². The number of sulfonamides is 1. The summed E-state index contributed by atoms with van der Waals surface area (Å²) in [4.78, 5) is 78.5. The van der Waals surface area contributed by atoms with Crippen LogP contribution in [0, 0.1) is 0 Å². The number of alkyl halides is 1. The van der Waals surface area contributed by atoms with Crippen molar-refractivity contribution in [3.63, 3.8) is 0 Å². The molecular formula is C85H141BBrCl3IN8O15S4. The van der Waals surface area contributed by atoms with Crippen molar-refractivity contribution in [1.29, 1.82) is 0 Å². The molecule has 6 amide bonds. The lowest BCUT2D eigenvalue weighted by atomic mass is 10.0. The van der Waals surface area contributed by atoms with E-state index in [-0.39, 0.29) is 114 Å². The molecule has 673 valence electrons. The third-order valence-corrected chi connectivity index (χ3v) is 20.0. The number of fused-ring (bicyclic) bond motifs is 6. The van der Waals surface area contributed by atoms with Gasteiger partial charge in [-0.1, -0.05) is 208 Å². The summed E-state index contributed by atoms with van der Waals surface area (Å²) < 4.78 is 95.0. The van der Waals surface area contributed by atoms with Gasteiger partial charge < -0.3 is 34.7 Å². The van der Waals surface area contributed by atoms with E-state index in [0.29, 0.717) is 57.8 Å². The summed E-state index contributed by atoms with van der Waals surface area (Å²) in [6.45, 7) is 23.3. The fraction of sp³-hybridized carbons (Fsp3) is 0.506. The molecule has 0 spiro atoms. The lowest BCUT2D eigenvalue weighted by molar-refractivity contribution is -0.119. The number of nitrogens with one attached hydrogen (secondary N) is 1. The highest BCUT2D eigenvalue weighted by Gasteiger charge is 2.28. The van der Waals surface area contributed by atoms with Gasteiger partial charge in [-0.15, -0.1) is 24.0 Å². The predicted octanol–water partition coefficient (Wildman–Crippen LogP) is 20.1. The van der Waals surface area contributed by atoms with E-state index in [2.05, 4.69) is 119 Å². The molecule has 0 bridgehead atoms. The third kappa shape index (κ3) is 46.3. The Balaban J connectivity index is -0.000000163. The molecule has 23 nitrogen and oxygen atoms in total. The van der Waals surface area contributed by atoms with Crippen molar-refractivity contribution in [1.82, 2.24) is 9.62 Å². The Kier molecular flexibility index (Phi) is 72.0. The summed E-state index contributed by atoms with van der Waals surface area (Å²) in [5.41, 5.74) is 11.9. The lowest BCUT2D eigenvalue weighted by Gasteiger charge is -2.26. The van der Waals surface area contributed by atoms with Gasteiger partial charge in [-0.25, -0.2) is 29.6 Å². The zero-order valence-corrected chi connectivity index (χ0v) is 79.7. The smallest absolute Gasteiger partial charge is 0.323 e. The van der Waals surface area contributed by atoms with Crippen LogP contribution in [0.2, 0.25) is 0 Å². The van der Waals surface area contributed by atoms with E-state index in [1.807, 2.05) is 96.8 Å². The standard InChI is InChI=1S/C12H16N2O3S.2C10H10ClNO3S.3C10H11NO.5C3H8.C2H5Br.C2H7N.4CH4.B.ClHO3S.HI.H2/c1-13(2)18(16,17)10-5-6-11-9(8-10)4-7-12(15)14(11)3;2*1-12-9-4-3-8(16(11,14)15)6-7(9)2-5-10(12)13;3*1-11-9-5-3-2-4-8(9)6-7-10(11)12;5*1-3-2;1-2-3;1-3-2;;;;;;1-5(2,3)4;;/h5-6,8H,4,7H2,1-3H3;2*3-4,6H,2,5H2,1H3;3*2-5H,6-7H2,1H3;5*3H2,1-2H3;2H2,1H3;3H,1-2H3;4*1H4;;(H,2,3,4);2*1H/i;;;;;;;;;;;;;;;;;;;;1+1. The first kappa shape index (κ1) is 128. The first-order valence-electron chi connectivity index (χ1n) is 37.2. The van der Waals surface area contributed by atoms with E-state index in [4.69, 9.17) is 34.3 Å². The van der Waals surface area contributed by atoms with Gasteiger partial charge in [0.05, 0.1) is 14.7 Å². The van der Waals surface area contributed by atoms with Crippen LogP contribution in [0.3, 0.4) is 0 Å². The van der Waals surface area contributed by atoms with E-state index >= 15 is 0 Å². The molecule has 0 atom stereocenters. The second-order valence-corrected chi connectivity index (χ2v) is 36.3. The second kappa shape index (κ2) is 66.6. The van der Waals surface area contributed by atoms with Crippen molar-refractivity contribution in [2.75, 3.05) is 105 Å². The molecule has 12 rings (SSSR count). The van der Waals surface area contributed by atoms with Gasteiger partial charge in [0.15, 0.2) is 0 Å². The van der Waals surface area contributed by atoms with Gasteiger partial charge in [0.1, 0.15) is 0 Å². The molecule has 2 N–H and O–H groups in total. The molecule has 0 aromatic heterocycles. The Morgan fingerprint density at radius 1 is 0.356 bits per heavy atom. The number of hydrogen-bond acceptors (Lipinski definition) is 15. The monoisotopic (exact) mass is 1960 g/mol. The molecule has 6 aromatic rings. The number of carbonyl (C=O) groups excluding carboxylic acids is 6. The fourth-order valence-electron chi connectivity index (χ4n) is 10.4. The number of halogens is 5. The molecule has 3 radical (unpaired) electrons. The molecule has 0 aliphatic carbocycles. The molecule has 6 aliphatic heterocycles. The zero-order valence-electron chi connectivity index (χ0n) is 70.3. The van der Waals surface area contributed by atoms with Gasteiger partial charge in [-0.3, -0.25) is 33.3 Å². The number of rotatable bonds is 4. The Morgan fingerprint density at radius 2 is 0.508 bits per heavy atom. The fourth-order valence-corrected chi connectivity index (χ4v) is 12.9. The maximum absolute atomic E-state index is 12.0. The minimum Gasteiger partial charge on any atom is -0.323 e. The average molecular weight is 1970 g/mol. The van der Waals surface area contributed by atoms with Gasteiger partial charge in [-0.05, 0) is 159 Å². The van der Waals surface area contributed by atoms with E-state index in [9.17, 15) is 54.0 Å². The van der Waals surface area contributed by atoms with Crippen molar-refractivity contribution in [2.24, 2.45) is 0 Å². The molecule has 33 heteroatoms. The first-order chi connectivity index (χ1) is 52.4. The number of hydrogen-bond donors (Lipinski definition) is 2. The summed E-state index contributed by atoms with van der Waals surface area (Å²) in [6.07, 6.45) is 13.8. The number of nitrogens with zero attached hydrogens (tertiary/aromatic N) is 7. The van der Waals surface area contributed by atoms with Crippen LogP contribution in [-0.2, 0) is 105 Å². The molecule has 0 saturated carbocycles. The van der Waals surface area contributed by atoms with Gasteiger partial charge in [-0.2, -0.15) is 8.42 Å². The van der Waals surface area contributed by atoms with Crippen LogP contribution >= 0.6 is 72.0 Å². The largest absolute Gasteiger partial charge is 0.353 e. The molecule has 0 unspecified atom stereocenters. The van der Waals surface area contributed by atoms with Crippen LogP contribution in [0.1, 0.15) is 211 Å². The van der Waals surface area contributed by atoms with Gasteiger partial charge in [0.25, 0.3) is 18.1 Å². The normalized spacial score (nSPS) is 13.3. The molecule has 0 saturated heterocycles. The molecule has 6 aromatic carbocycles. The average Bonchev–Trinajstić information content (AvgIpc) is 0.777. The molecular weight excluding hydrogens is 1830 g/mol. The highest BCUT2D eigenvalue weighted by Crippen LogP contribution is 2.34. The highest BCUT2D eigenvalue weighted by molar-refractivity contribution is 14.0. The van der Waals surface area contributed by atoms with Crippen LogP contribution in [0.15, 0.2) is 142 Å². The van der Waals surface area contributed by atoms with Crippen LogP contribution < -0.4 is 34.7 Å². The maximum atomic E-state index is 12.0. The number of carbonyl (C=O) groups is 6. The van der Waals surface area contributed by atoms with Crippen LogP contribution in [0.4, 0.5) is 34.1 Å². The summed E-state index contributed by atoms with van der Waals surface area (Å²) in [5, 5.41) is 3.81. The summed E-state index contributed by atoms with van der Waals surface area (Å²) in [6, 6.07) is 38.2. The first-order valence-corrected chi connectivity index (χ1v) is 46.7. The molecule has 6 heterocycles. The van der Waals surface area contributed by atoms with Crippen LogP contribution in [0.5, 0.6) is 0 Å². The molecule has 6 aliphatic rings. The van der Waals surface area contributed by atoms with Crippen molar-refractivity contribution in [3.8, 4) is 0 Å². The summed E-state index contributed by atoms with van der Waals surface area (Å²) in [5.74, 6) is 0.782. The second-order valence-electron chi connectivity index (χ2n) is 25.9. The summed E-state index contributed by atoms with van der Waals surface area (Å²) >= 11 is 3.15. The highest BCUT2D eigenvalue weighted by atomic mass is 127. The number of anilines is 6. The van der Waals surface area contributed by atoms with Gasteiger partial charge >= 0.3 is 9.33 Å². The molecule has 118 heavy (non-hydrogen) atoms. The minimum absolute atomic E-state index is 0. The van der Waals surface area contributed by atoms with Crippen molar-refractivity contribution in [2.45, 2.75) is 230 Å². The number of para-hydroxylation sites is 3. The van der Waals surface area contributed by atoms with Crippen molar-refractivity contribution >= 4 is 187 Å². The lowest BCUT2D eigenvalue weighted by Crippen LogP contribution is -2.31. The van der Waals surface area contributed by atoms with Crippen molar-refractivity contribution < 1.29 is 68.4 Å². The predicted molar refractivity (Wildman–Crippen MR) is 518 cm³/mol. The Labute approximate surface area is 754 Å². The van der Waals surface area contributed by atoms with Crippen LogP contribution in [-0.4, -0.2) is 162 Å². The zero-order chi connectivity index (χ0) is 86.5. The Bertz CT molecular complexity index is 4130. The SMILES string of the molecule is C.C.C.C.CCBr.CCC.CCC.CCC.CCC.CCC.CN1C(=O)CCc2cc(S(=O)(=O)Cl)ccc21.CN1C(=O)CCc2cc(S(=O)(=O)Cl)ccc21.CN1C(=O)CCc2cc(S(=O)(=O)N(C)C)ccc21.CN1C(=O)CCc2ccccc21.CN1C(=O)CCc2ccccc21.CN1C(=O)CCc2ccccc21.CNC.I.O=S(=O)(O)Cl.[2HH].[B]. The van der Waals surface area contributed by atoms with Crippen LogP contribution in [0.25, 0.3) is 0 Å². The maximum Gasteiger partial charge on any atom is 0.353 e. The minimum atomic E-state index is -4.19. The van der Waals surface area contributed by atoms with Gasteiger partial charge in [0.2, 0.25) is 45.5 Å². The third-order valence-electron chi connectivity index (χ3n) is 15.5. The summed E-state index contributed by atoms with van der Waals surface area (Å²) in [7, 11) is 16.9. The van der Waals surface area contributed by atoms with E-state index in [1.165, 1.54) is 101 Å². The topological polar surface area (TPSA) is 294 Å². The van der Waals surface area contributed by atoms with E-state index in [1.54, 1.807) is 71.1 Å². The van der Waals surface area contributed by atoms with Crippen molar-refractivity contribution in [3.05, 3.63) is 161 Å².